The summed E-state index contributed by atoms with van der Waals surface area (Å²) in [7, 11) is 0. The van der Waals surface area contributed by atoms with Crippen molar-refractivity contribution in [2.75, 3.05) is 36.5 Å². The number of fused-ring (bicyclic) bond motifs is 1. The van der Waals surface area contributed by atoms with E-state index in [-0.39, 0.29) is 11.1 Å². The Morgan fingerprint density at radius 1 is 1.26 bits per heavy atom. The minimum absolute atomic E-state index is 0.348. The number of amidine groups is 1. The molecular formula is C19H21N9O2S. The number of piperidine rings is 1. The highest BCUT2D eigenvalue weighted by molar-refractivity contribution is 8.18. The van der Waals surface area contributed by atoms with Crippen LogP contribution in [0, 0.1) is 5.92 Å². The van der Waals surface area contributed by atoms with Crippen LogP contribution in [0.3, 0.4) is 0 Å². The van der Waals surface area contributed by atoms with Gasteiger partial charge in [0.05, 0.1) is 16.9 Å². The number of amides is 2. The minimum Gasteiger partial charge on any atom is -0.368 e. The van der Waals surface area contributed by atoms with Crippen LogP contribution in [-0.4, -0.2) is 63.2 Å². The number of imidazole rings is 1. The molecule has 0 saturated carbocycles. The zero-order valence-corrected chi connectivity index (χ0v) is 17.4. The van der Waals surface area contributed by atoms with Gasteiger partial charge in [-0.3, -0.25) is 14.9 Å². The first-order valence-electron chi connectivity index (χ1n) is 10.0. The smallest absolute Gasteiger partial charge is 0.290 e. The first-order chi connectivity index (χ1) is 15.2. The van der Waals surface area contributed by atoms with Crippen molar-refractivity contribution in [2.45, 2.75) is 12.8 Å². The number of carbonyl (C=O) groups is 2. The molecule has 5 heterocycles. The molecule has 3 aliphatic heterocycles. The highest BCUT2D eigenvalue weighted by atomic mass is 32.2. The van der Waals surface area contributed by atoms with Crippen LogP contribution >= 0.6 is 11.8 Å². The second-order valence-electron chi connectivity index (χ2n) is 7.41. The number of aromatic nitrogens is 4. The van der Waals surface area contributed by atoms with Crippen molar-refractivity contribution >= 4 is 46.6 Å². The first-order valence-corrected chi connectivity index (χ1v) is 10.9. The van der Waals surface area contributed by atoms with Crippen molar-refractivity contribution in [1.82, 2.24) is 30.6 Å². The van der Waals surface area contributed by atoms with E-state index in [4.69, 9.17) is 0 Å². The highest BCUT2D eigenvalue weighted by Gasteiger charge is 2.26. The fourth-order valence-electron chi connectivity index (χ4n) is 3.75. The van der Waals surface area contributed by atoms with Crippen molar-refractivity contribution in [3.05, 3.63) is 34.9 Å². The van der Waals surface area contributed by atoms with Crippen molar-refractivity contribution in [3.8, 4) is 0 Å². The third-order valence-corrected chi connectivity index (χ3v) is 6.21. The zero-order chi connectivity index (χ0) is 21.2. The van der Waals surface area contributed by atoms with Gasteiger partial charge in [-0.25, -0.2) is 19.9 Å². The molecule has 0 unspecified atom stereocenters. The van der Waals surface area contributed by atoms with E-state index in [2.05, 4.69) is 45.8 Å². The van der Waals surface area contributed by atoms with E-state index >= 15 is 0 Å². The number of imide groups is 1. The first kappa shape index (κ1) is 19.5. The third kappa shape index (κ3) is 4.24. The van der Waals surface area contributed by atoms with Gasteiger partial charge in [-0.1, -0.05) is 0 Å². The minimum atomic E-state index is -0.385. The van der Waals surface area contributed by atoms with E-state index in [1.165, 1.54) is 0 Å². The van der Waals surface area contributed by atoms with Crippen LogP contribution in [-0.2, 0) is 4.79 Å². The lowest BCUT2D eigenvalue weighted by Crippen LogP contribution is -2.40. The van der Waals surface area contributed by atoms with E-state index in [9.17, 15) is 9.59 Å². The Balaban J connectivity index is 1.17. The fourth-order valence-corrected chi connectivity index (χ4v) is 4.42. The quantitative estimate of drug-likeness (QED) is 0.517. The molecule has 3 aliphatic rings. The van der Waals surface area contributed by atoms with E-state index < -0.39 is 0 Å². The van der Waals surface area contributed by atoms with E-state index in [0.29, 0.717) is 29.1 Å². The lowest BCUT2D eigenvalue weighted by Gasteiger charge is -2.32. The van der Waals surface area contributed by atoms with Crippen molar-refractivity contribution < 1.29 is 9.59 Å². The molecule has 160 valence electrons. The Bertz CT molecular complexity index is 1070. The Morgan fingerprint density at radius 2 is 2.13 bits per heavy atom. The highest BCUT2D eigenvalue weighted by Crippen LogP contribution is 2.26. The zero-order valence-electron chi connectivity index (χ0n) is 16.6. The number of nitrogens with one attached hydrogen (secondary N) is 4. The summed E-state index contributed by atoms with van der Waals surface area (Å²) < 4.78 is 0. The average Bonchev–Trinajstić information content (AvgIpc) is 3.39. The Kier molecular flexibility index (Phi) is 5.28. The number of rotatable bonds is 4. The molecule has 31 heavy (non-hydrogen) atoms. The van der Waals surface area contributed by atoms with Gasteiger partial charge in [-0.05, 0) is 42.7 Å². The second-order valence-corrected chi connectivity index (χ2v) is 8.43. The number of aliphatic imine (C=N–C) groups is 1. The maximum absolute atomic E-state index is 11.7. The molecular weight excluding hydrogens is 418 g/mol. The number of anilines is 2. The largest absolute Gasteiger partial charge is 0.368 e. The molecule has 11 nitrogen and oxygen atoms in total. The van der Waals surface area contributed by atoms with Crippen LogP contribution in [0.5, 0.6) is 0 Å². The van der Waals surface area contributed by atoms with Gasteiger partial charge in [0.15, 0.2) is 11.7 Å². The maximum atomic E-state index is 11.7. The van der Waals surface area contributed by atoms with Crippen LogP contribution in [0.25, 0.3) is 6.08 Å². The van der Waals surface area contributed by atoms with Gasteiger partial charge < -0.3 is 20.5 Å². The second kappa shape index (κ2) is 8.38. The molecule has 2 aromatic rings. The van der Waals surface area contributed by atoms with Crippen LogP contribution in [0.4, 0.5) is 16.6 Å². The SMILES string of the molecule is O=C1NC(=O)C(=Cc2ccnc(N3CCC(CNC4=NCNc5nc[nH]c54)CC3)n2)S1. The monoisotopic (exact) mass is 439 g/mol. The van der Waals surface area contributed by atoms with Crippen LogP contribution in [0.2, 0.25) is 0 Å². The van der Waals surface area contributed by atoms with E-state index in [0.717, 1.165) is 61.6 Å². The number of hydrogen-bond acceptors (Lipinski definition) is 10. The fraction of sp³-hybridized carbons (Fsp3) is 0.368. The molecule has 0 bridgehead atoms. The van der Waals surface area contributed by atoms with Gasteiger partial charge in [-0.2, -0.15) is 0 Å². The van der Waals surface area contributed by atoms with Crippen molar-refractivity contribution in [3.63, 3.8) is 0 Å². The standard InChI is InChI=1S/C19H21N9O2S/c29-17-13(31-19(30)27-17)7-12-1-4-20-18(26-12)28-5-2-11(3-6-28)8-21-15-14-16(23-9-22-14)25-10-24-15/h1,4,7,9,11,25H,2-3,5-6,8,10H2,(H,21,24)(H,22,23)(H,27,29,30). The summed E-state index contributed by atoms with van der Waals surface area (Å²) >= 11 is 0.885. The summed E-state index contributed by atoms with van der Waals surface area (Å²) in [6.07, 6.45) is 6.99. The van der Waals surface area contributed by atoms with Crippen molar-refractivity contribution in [2.24, 2.45) is 10.9 Å². The summed E-state index contributed by atoms with van der Waals surface area (Å²) in [4.78, 5) is 46.4. The van der Waals surface area contributed by atoms with E-state index in [1.54, 1.807) is 24.7 Å². The molecule has 0 atom stereocenters. The molecule has 2 amide bonds. The van der Waals surface area contributed by atoms with Gasteiger partial charge in [0.2, 0.25) is 5.95 Å². The molecule has 5 rings (SSSR count). The van der Waals surface area contributed by atoms with Crippen LogP contribution < -0.4 is 20.9 Å². The number of H-pyrrole nitrogens is 1. The Morgan fingerprint density at radius 3 is 2.94 bits per heavy atom. The molecule has 4 N–H and O–H groups in total. The lowest BCUT2D eigenvalue weighted by molar-refractivity contribution is -0.115. The van der Waals surface area contributed by atoms with Crippen LogP contribution in [0.15, 0.2) is 28.5 Å². The molecule has 0 radical (unpaired) electrons. The van der Waals surface area contributed by atoms with Gasteiger partial charge in [-0.15, -0.1) is 0 Å². The topological polar surface area (TPSA) is 140 Å². The van der Waals surface area contributed by atoms with Gasteiger partial charge in [0.25, 0.3) is 11.1 Å². The van der Waals surface area contributed by atoms with Gasteiger partial charge >= 0.3 is 0 Å². The summed E-state index contributed by atoms with van der Waals surface area (Å²) in [5.41, 5.74) is 1.51. The maximum Gasteiger partial charge on any atom is 0.290 e. The number of thioether (sulfide) groups is 1. The molecule has 2 fully saturated rings. The predicted molar refractivity (Wildman–Crippen MR) is 118 cm³/mol. The third-order valence-electron chi connectivity index (χ3n) is 5.40. The summed E-state index contributed by atoms with van der Waals surface area (Å²) in [5, 5.41) is 8.48. The molecule has 0 aliphatic carbocycles. The Hall–Kier alpha value is -3.41. The van der Waals surface area contributed by atoms with Crippen molar-refractivity contribution in [1.29, 1.82) is 0 Å². The van der Waals surface area contributed by atoms with E-state index in [1.807, 2.05) is 0 Å². The molecule has 2 aromatic heterocycles. The normalized spacial score (nSPS) is 20.3. The molecule has 0 aromatic carbocycles. The summed E-state index contributed by atoms with van der Waals surface area (Å²) in [5.74, 6) is 2.46. The molecule has 12 heteroatoms. The number of aromatic amines is 1. The number of carbonyl (C=O) groups excluding carboxylic acids is 2. The predicted octanol–water partition coefficient (Wildman–Crippen LogP) is 1.16. The number of hydrogen-bond donors (Lipinski definition) is 4. The van der Waals surface area contributed by atoms with Crippen LogP contribution in [0.1, 0.15) is 24.2 Å². The Labute approximate surface area is 182 Å². The summed E-state index contributed by atoms with van der Waals surface area (Å²) in [6, 6.07) is 1.73. The molecule has 0 spiro atoms. The average molecular weight is 440 g/mol. The van der Waals surface area contributed by atoms with Gasteiger partial charge in [0, 0.05) is 25.8 Å². The lowest BCUT2D eigenvalue weighted by atomic mass is 9.97. The number of nitrogens with zero attached hydrogens (tertiary/aromatic N) is 5. The van der Waals surface area contributed by atoms with Gasteiger partial charge in [0.1, 0.15) is 12.4 Å². The molecule has 2 saturated heterocycles. The summed E-state index contributed by atoms with van der Waals surface area (Å²) in [6.45, 7) is 3.07.